The molecule has 2 aromatic rings. The molecule has 0 N–H and O–H groups in total. The predicted octanol–water partition coefficient (Wildman–Crippen LogP) is 3.05. The summed E-state index contributed by atoms with van der Waals surface area (Å²) in [7, 11) is 0. The van der Waals surface area contributed by atoms with Gasteiger partial charge in [0.25, 0.3) is 0 Å². The van der Waals surface area contributed by atoms with Gasteiger partial charge in [-0.1, -0.05) is 36.4 Å². The predicted molar refractivity (Wildman–Crippen MR) is 91.0 cm³/mol. The molecule has 2 atom stereocenters. The second-order valence-corrected chi connectivity index (χ2v) is 6.57. The first-order valence-electron chi connectivity index (χ1n) is 8.60. The summed E-state index contributed by atoms with van der Waals surface area (Å²) in [6, 6.07) is 8.36. The molecule has 124 valence electrons. The minimum Gasteiger partial charge on any atom is -0.490 e. The topological polar surface area (TPSA) is 43.5 Å². The molecule has 1 aliphatic carbocycles. The van der Waals surface area contributed by atoms with Gasteiger partial charge in [-0.3, -0.25) is 0 Å². The van der Waals surface area contributed by atoms with Crippen LogP contribution in [0.15, 0.2) is 36.4 Å². The summed E-state index contributed by atoms with van der Waals surface area (Å²) in [6.45, 7) is 2.86. The Labute approximate surface area is 141 Å². The summed E-state index contributed by atoms with van der Waals surface area (Å²) in [6.07, 6.45) is 6.70. The van der Waals surface area contributed by atoms with Gasteiger partial charge in [-0.25, -0.2) is 0 Å². The molecule has 4 nitrogen and oxygen atoms in total. The Balaban J connectivity index is 1.62. The van der Waals surface area contributed by atoms with Gasteiger partial charge in [-0.15, -0.1) is 0 Å². The number of ether oxygens (including phenoxy) is 4. The molecule has 0 saturated carbocycles. The van der Waals surface area contributed by atoms with Crippen molar-refractivity contribution in [2.75, 3.05) is 26.4 Å². The van der Waals surface area contributed by atoms with Crippen molar-refractivity contribution in [3.63, 3.8) is 0 Å². The molecular weight excluding hydrogens is 304 g/mol. The Bertz CT molecular complexity index is 736. The quantitative estimate of drug-likeness (QED) is 0.605. The zero-order valence-electron chi connectivity index (χ0n) is 13.5. The second-order valence-electron chi connectivity index (χ2n) is 6.57. The van der Waals surface area contributed by atoms with Crippen LogP contribution in [0.25, 0.3) is 10.8 Å². The maximum Gasteiger partial charge on any atom is 0.131 e. The van der Waals surface area contributed by atoms with E-state index < -0.39 is 0 Å². The van der Waals surface area contributed by atoms with Gasteiger partial charge in [0.05, 0.1) is 13.2 Å². The molecule has 4 heteroatoms. The molecular formula is C20H20O4. The van der Waals surface area contributed by atoms with E-state index in [2.05, 4.69) is 36.4 Å². The number of benzene rings is 2. The number of hydrogen-bond acceptors (Lipinski definition) is 4. The Morgan fingerprint density at radius 1 is 0.792 bits per heavy atom. The average molecular weight is 324 g/mol. The van der Waals surface area contributed by atoms with Gasteiger partial charge >= 0.3 is 0 Å². The molecule has 2 heterocycles. The monoisotopic (exact) mass is 324 g/mol. The maximum absolute atomic E-state index is 6.20. The van der Waals surface area contributed by atoms with Crippen molar-refractivity contribution >= 4 is 10.8 Å². The standard InChI is InChI=1S/C20H20O4/c1-2-6-16-15(5-1)19(23-11-13-9-21-13)17-7-3-4-8-18(17)20(16)24-12-14-10-22-14/h1-6,13-14H,7-12H2. The fourth-order valence-corrected chi connectivity index (χ4v) is 3.32. The summed E-state index contributed by atoms with van der Waals surface area (Å²) in [5.41, 5.74) is 2.51. The number of epoxide rings is 2. The molecule has 0 bridgehead atoms. The van der Waals surface area contributed by atoms with Crippen LogP contribution in [0, 0.1) is 0 Å². The third-order valence-corrected chi connectivity index (χ3v) is 4.77. The van der Waals surface area contributed by atoms with Gasteiger partial charge in [-0.05, 0) is 12.8 Å². The molecule has 2 aliphatic heterocycles. The number of allylic oxidation sites excluding steroid dienone is 2. The van der Waals surface area contributed by atoms with Crippen molar-refractivity contribution in [3.8, 4) is 11.5 Å². The normalized spacial score (nSPS) is 23.8. The van der Waals surface area contributed by atoms with E-state index in [4.69, 9.17) is 18.9 Å². The first-order chi connectivity index (χ1) is 11.9. The van der Waals surface area contributed by atoms with Crippen molar-refractivity contribution < 1.29 is 18.9 Å². The Hall–Kier alpha value is -2.04. The molecule has 0 radical (unpaired) electrons. The van der Waals surface area contributed by atoms with E-state index in [9.17, 15) is 0 Å². The lowest BCUT2D eigenvalue weighted by Crippen LogP contribution is -2.12. The third kappa shape index (κ3) is 2.66. The van der Waals surface area contributed by atoms with Crippen LogP contribution < -0.4 is 9.47 Å². The van der Waals surface area contributed by atoms with Crippen LogP contribution in [0.4, 0.5) is 0 Å². The molecule has 2 unspecified atom stereocenters. The first kappa shape index (κ1) is 14.3. The van der Waals surface area contributed by atoms with Gasteiger partial charge < -0.3 is 18.9 Å². The zero-order valence-corrected chi connectivity index (χ0v) is 13.5. The lowest BCUT2D eigenvalue weighted by molar-refractivity contribution is 0.258. The van der Waals surface area contributed by atoms with Crippen LogP contribution in [0.2, 0.25) is 0 Å². The molecule has 2 aromatic carbocycles. The summed E-state index contributed by atoms with van der Waals surface area (Å²) in [5.74, 6) is 1.99. The smallest absolute Gasteiger partial charge is 0.131 e. The summed E-state index contributed by atoms with van der Waals surface area (Å²) in [4.78, 5) is 0. The summed E-state index contributed by atoms with van der Waals surface area (Å²) in [5, 5.41) is 2.25. The van der Waals surface area contributed by atoms with E-state index in [0.29, 0.717) is 13.2 Å². The zero-order chi connectivity index (χ0) is 15.9. The average Bonchev–Trinajstić information content (AvgIpc) is 3.53. The largest absolute Gasteiger partial charge is 0.490 e. The Morgan fingerprint density at radius 3 is 1.67 bits per heavy atom. The molecule has 24 heavy (non-hydrogen) atoms. The van der Waals surface area contributed by atoms with Crippen molar-refractivity contribution in [2.45, 2.75) is 25.0 Å². The van der Waals surface area contributed by atoms with E-state index in [0.717, 1.165) is 48.3 Å². The highest BCUT2D eigenvalue weighted by Crippen LogP contribution is 2.43. The van der Waals surface area contributed by atoms with E-state index >= 15 is 0 Å². The lowest BCUT2D eigenvalue weighted by Gasteiger charge is -2.23. The van der Waals surface area contributed by atoms with E-state index in [1.54, 1.807) is 0 Å². The van der Waals surface area contributed by atoms with E-state index in [-0.39, 0.29) is 12.2 Å². The summed E-state index contributed by atoms with van der Waals surface area (Å²) < 4.78 is 23.0. The highest BCUT2D eigenvalue weighted by Gasteiger charge is 2.28. The molecule has 2 saturated heterocycles. The Kier molecular flexibility index (Phi) is 3.46. The molecule has 2 fully saturated rings. The van der Waals surface area contributed by atoms with E-state index in [1.165, 1.54) is 11.1 Å². The van der Waals surface area contributed by atoms with Crippen LogP contribution in [-0.2, 0) is 22.3 Å². The van der Waals surface area contributed by atoms with Crippen LogP contribution >= 0.6 is 0 Å². The van der Waals surface area contributed by atoms with Crippen molar-refractivity contribution in [1.82, 2.24) is 0 Å². The van der Waals surface area contributed by atoms with Crippen LogP contribution in [0.5, 0.6) is 11.5 Å². The lowest BCUT2D eigenvalue weighted by atomic mass is 9.90. The van der Waals surface area contributed by atoms with Gasteiger partial charge in [0, 0.05) is 21.9 Å². The molecule has 0 amide bonds. The SMILES string of the molecule is C1=CCc2c(c(OCC3CO3)c3ccccc3c2OCC2CO2)C1. The van der Waals surface area contributed by atoms with Crippen LogP contribution in [0.1, 0.15) is 11.1 Å². The van der Waals surface area contributed by atoms with Crippen molar-refractivity contribution in [1.29, 1.82) is 0 Å². The van der Waals surface area contributed by atoms with E-state index in [1.807, 2.05) is 0 Å². The summed E-state index contributed by atoms with van der Waals surface area (Å²) >= 11 is 0. The van der Waals surface area contributed by atoms with Crippen molar-refractivity contribution in [2.24, 2.45) is 0 Å². The Morgan fingerprint density at radius 2 is 1.25 bits per heavy atom. The number of fused-ring (bicyclic) bond motifs is 2. The van der Waals surface area contributed by atoms with Gasteiger partial charge in [0.2, 0.25) is 0 Å². The highest BCUT2D eigenvalue weighted by molar-refractivity contribution is 5.96. The minimum atomic E-state index is 0.251. The van der Waals surface area contributed by atoms with Gasteiger partial charge in [0.1, 0.15) is 36.9 Å². The molecule has 3 aliphatic rings. The number of hydrogen-bond donors (Lipinski definition) is 0. The van der Waals surface area contributed by atoms with Crippen LogP contribution in [0.3, 0.4) is 0 Å². The molecule has 0 spiro atoms. The fraction of sp³-hybridized carbons (Fsp3) is 0.400. The van der Waals surface area contributed by atoms with Crippen LogP contribution in [-0.4, -0.2) is 38.6 Å². The molecule has 5 rings (SSSR count). The van der Waals surface area contributed by atoms with Gasteiger partial charge in [0.15, 0.2) is 0 Å². The second kappa shape index (κ2) is 5.80. The fourth-order valence-electron chi connectivity index (χ4n) is 3.32. The minimum absolute atomic E-state index is 0.251. The van der Waals surface area contributed by atoms with Gasteiger partial charge in [-0.2, -0.15) is 0 Å². The maximum atomic E-state index is 6.20. The number of rotatable bonds is 6. The van der Waals surface area contributed by atoms with Crippen molar-refractivity contribution in [3.05, 3.63) is 47.5 Å². The third-order valence-electron chi connectivity index (χ3n) is 4.77. The molecule has 0 aromatic heterocycles. The first-order valence-corrected chi connectivity index (χ1v) is 8.60. The highest BCUT2D eigenvalue weighted by atomic mass is 16.6.